The molecule has 14 nitrogen and oxygen atoms in total. The van der Waals surface area contributed by atoms with E-state index < -0.39 is 0 Å². The second kappa shape index (κ2) is 23.3. The van der Waals surface area contributed by atoms with Gasteiger partial charge in [0.05, 0.1) is 17.8 Å². The number of hydrogen-bond donors (Lipinski definition) is 5. The predicted molar refractivity (Wildman–Crippen MR) is 162 cm³/mol. The Bertz CT molecular complexity index is 1310. The van der Waals surface area contributed by atoms with Crippen molar-refractivity contribution in [3.63, 3.8) is 0 Å². The van der Waals surface area contributed by atoms with Gasteiger partial charge < -0.3 is 9.30 Å². The Morgan fingerprint density at radius 2 is 1.46 bits per heavy atom. The minimum absolute atomic E-state index is 0.303. The van der Waals surface area contributed by atoms with Crippen molar-refractivity contribution in [1.29, 1.82) is 0 Å². The summed E-state index contributed by atoms with van der Waals surface area (Å²) in [6, 6.07) is 10.2. The summed E-state index contributed by atoms with van der Waals surface area (Å²) >= 11 is 9.34. The third kappa shape index (κ3) is 14.4. The standard InChI is InChI=1S/C9H10N4S.C7H7NO2.C6H7N3O.C3H5NS.H4N2/c1-2-13-8(11-12-9(13)14)7-3-5-10-6-4-7;1-10-7(9)6-2-4-8-5-3-6;7-9-6(10)5-1-3-8-4-2-5;1-2-4-3-5;1-2/h3-6H,2H2,1H3,(H,12,14);2-5H,1H3;1-4H,7H2,(H,9,10);2H2,1H3;1-2H2. The number of carbonyl (C=O) groups is 2. The monoisotopic (exact) mass is 599 g/mol. The second-order valence-corrected chi connectivity index (χ2v) is 7.40. The number of rotatable bonds is 5. The number of nitrogens with zero attached hydrogens (tertiary/aromatic N) is 6. The van der Waals surface area contributed by atoms with Crippen LogP contribution in [0.1, 0.15) is 34.6 Å². The zero-order valence-corrected chi connectivity index (χ0v) is 24.4. The lowest BCUT2D eigenvalue weighted by Crippen LogP contribution is -2.29. The Morgan fingerprint density at radius 1 is 0.976 bits per heavy atom. The molecule has 0 aromatic carbocycles. The molecule has 0 aliphatic rings. The molecule has 1 amide bonds. The number of nitrogens with two attached hydrogens (primary N) is 3. The number of ether oxygens (including phenoxy) is 1. The van der Waals surface area contributed by atoms with Crippen LogP contribution in [0, 0.1) is 4.77 Å². The van der Waals surface area contributed by atoms with Crippen molar-refractivity contribution in [2.75, 3.05) is 13.7 Å². The predicted octanol–water partition coefficient (Wildman–Crippen LogP) is 2.50. The number of aliphatic imine (C=N–C) groups is 1. The minimum atomic E-state index is -0.331. The molecular formula is C25H33N11O3S2. The van der Waals surface area contributed by atoms with E-state index in [0.717, 1.165) is 24.5 Å². The lowest BCUT2D eigenvalue weighted by molar-refractivity contribution is 0.0600. The van der Waals surface area contributed by atoms with Crippen molar-refractivity contribution in [3.8, 4) is 11.4 Å². The molecule has 0 aliphatic heterocycles. The van der Waals surface area contributed by atoms with Crippen LogP contribution in [0.25, 0.3) is 11.4 Å². The summed E-state index contributed by atoms with van der Waals surface area (Å²) in [6.45, 7) is 5.52. The zero-order chi connectivity index (χ0) is 30.9. The highest BCUT2D eigenvalue weighted by molar-refractivity contribution is 7.78. The Kier molecular flexibility index (Phi) is 20.7. The van der Waals surface area contributed by atoms with Crippen molar-refractivity contribution in [3.05, 3.63) is 89.5 Å². The molecule has 4 rings (SSSR count). The largest absolute Gasteiger partial charge is 0.465 e. The molecule has 0 spiro atoms. The quantitative estimate of drug-likeness (QED) is 0.0558. The van der Waals surface area contributed by atoms with Crippen LogP contribution in [-0.4, -0.2) is 60.4 Å². The van der Waals surface area contributed by atoms with Crippen molar-refractivity contribution in [2.24, 2.45) is 22.5 Å². The highest BCUT2D eigenvalue weighted by Crippen LogP contribution is 2.15. The van der Waals surface area contributed by atoms with E-state index in [2.05, 4.69) is 63.9 Å². The maximum atomic E-state index is 10.8. The number of methoxy groups -OCH3 is 1. The molecule has 0 saturated heterocycles. The van der Waals surface area contributed by atoms with Gasteiger partial charge in [-0.1, -0.05) is 0 Å². The Balaban J connectivity index is 0.000000535. The number of nitrogens with one attached hydrogen (secondary N) is 2. The summed E-state index contributed by atoms with van der Waals surface area (Å²) in [5.41, 5.74) is 4.07. The smallest absolute Gasteiger partial charge is 0.337 e. The average Bonchev–Trinajstić information content (AvgIpc) is 3.44. The van der Waals surface area contributed by atoms with Crippen LogP contribution in [-0.2, 0) is 11.3 Å². The second-order valence-electron chi connectivity index (χ2n) is 6.83. The SMILES string of the molecule is CCN=C=S.CCn1c(-c2ccncc2)n[nH]c1=S.COC(=O)c1ccncc1.NN.NNC(=O)c1ccncc1. The average molecular weight is 600 g/mol. The van der Waals surface area contributed by atoms with E-state index in [4.69, 9.17) is 18.1 Å². The molecule has 0 saturated carbocycles. The Morgan fingerprint density at radius 3 is 1.85 bits per heavy atom. The van der Waals surface area contributed by atoms with Crippen LogP contribution in [0.4, 0.5) is 0 Å². The first-order valence-corrected chi connectivity index (χ1v) is 12.6. The van der Waals surface area contributed by atoms with Crippen molar-refractivity contribution >= 4 is 41.5 Å². The molecular weight excluding hydrogens is 566 g/mol. The molecule has 0 fully saturated rings. The van der Waals surface area contributed by atoms with Gasteiger partial charge >= 0.3 is 5.97 Å². The third-order valence-electron chi connectivity index (χ3n) is 4.41. The summed E-state index contributed by atoms with van der Waals surface area (Å²) in [7, 11) is 1.35. The first-order valence-electron chi connectivity index (χ1n) is 11.7. The molecule has 41 heavy (non-hydrogen) atoms. The maximum absolute atomic E-state index is 10.8. The van der Waals surface area contributed by atoms with Gasteiger partial charge in [-0.05, 0) is 74.7 Å². The van der Waals surface area contributed by atoms with Crippen LogP contribution in [0.15, 0.2) is 78.6 Å². The number of isothiocyanates is 1. The van der Waals surface area contributed by atoms with E-state index in [9.17, 15) is 9.59 Å². The number of hydrogen-bond acceptors (Lipinski definition) is 13. The topological polar surface area (TPSA) is 218 Å². The molecule has 0 unspecified atom stereocenters. The van der Waals surface area contributed by atoms with Crippen LogP contribution < -0.4 is 23.0 Å². The number of pyridine rings is 3. The van der Waals surface area contributed by atoms with Gasteiger partial charge in [0.2, 0.25) is 0 Å². The van der Waals surface area contributed by atoms with Crippen molar-refractivity contribution in [1.82, 2.24) is 35.1 Å². The lowest BCUT2D eigenvalue weighted by atomic mass is 10.2. The molecule has 4 aromatic rings. The maximum Gasteiger partial charge on any atom is 0.337 e. The van der Waals surface area contributed by atoms with Crippen molar-refractivity contribution < 1.29 is 14.3 Å². The molecule has 8 N–H and O–H groups in total. The van der Waals surface area contributed by atoms with Gasteiger partial charge in [0.1, 0.15) is 0 Å². The first kappa shape index (κ1) is 36.4. The number of aromatic nitrogens is 6. The van der Waals surface area contributed by atoms with Gasteiger partial charge in [-0.15, -0.1) is 0 Å². The fourth-order valence-corrected chi connectivity index (χ4v) is 2.98. The molecule has 16 heteroatoms. The molecule has 0 atom stereocenters. The highest BCUT2D eigenvalue weighted by atomic mass is 32.1. The highest BCUT2D eigenvalue weighted by Gasteiger charge is 2.06. The van der Waals surface area contributed by atoms with Crippen LogP contribution in [0.3, 0.4) is 0 Å². The molecule has 0 bridgehead atoms. The van der Waals surface area contributed by atoms with E-state index >= 15 is 0 Å². The summed E-state index contributed by atoms with van der Waals surface area (Å²) in [6.07, 6.45) is 9.65. The Hall–Kier alpha value is -4.57. The van der Waals surface area contributed by atoms with Gasteiger partial charge in [-0.25, -0.2) is 15.6 Å². The Labute approximate surface area is 248 Å². The molecule has 218 valence electrons. The molecule has 4 heterocycles. The van der Waals surface area contributed by atoms with Crippen LogP contribution in [0.2, 0.25) is 0 Å². The number of nitrogen functional groups attached to an aromatic ring is 1. The fourth-order valence-electron chi connectivity index (χ4n) is 2.59. The number of hydrazine groups is 2. The number of amides is 1. The summed E-state index contributed by atoms with van der Waals surface area (Å²) in [4.78, 5) is 36.5. The number of aromatic amines is 1. The van der Waals surface area contributed by atoms with Crippen LogP contribution in [0.5, 0.6) is 0 Å². The molecule has 0 radical (unpaired) electrons. The summed E-state index contributed by atoms with van der Waals surface area (Å²) < 4.78 is 7.07. The van der Waals surface area contributed by atoms with Crippen molar-refractivity contribution in [2.45, 2.75) is 20.4 Å². The number of thiocarbonyl (C=S) groups is 1. The molecule has 0 aliphatic carbocycles. The van der Waals surface area contributed by atoms with E-state index in [1.807, 2.05) is 36.0 Å². The summed E-state index contributed by atoms with van der Waals surface area (Å²) in [5.74, 6) is 13.1. The van der Waals surface area contributed by atoms with Gasteiger partial charge in [0.15, 0.2) is 10.6 Å². The summed E-state index contributed by atoms with van der Waals surface area (Å²) in [5, 5.41) is 9.18. The minimum Gasteiger partial charge on any atom is -0.465 e. The van der Waals surface area contributed by atoms with Gasteiger partial charge in [-0.3, -0.25) is 42.0 Å². The van der Waals surface area contributed by atoms with Gasteiger partial charge in [0.25, 0.3) is 5.91 Å². The number of esters is 1. The van der Waals surface area contributed by atoms with Crippen LogP contribution >= 0.6 is 24.4 Å². The van der Waals surface area contributed by atoms with E-state index in [1.165, 1.54) is 19.5 Å². The van der Waals surface area contributed by atoms with E-state index in [1.54, 1.807) is 49.1 Å². The van der Waals surface area contributed by atoms with E-state index in [-0.39, 0.29) is 11.9 Å². The lowest BCUT2D eigenvalue weighted by Gasteiger charge is -2.01. The van der Waals surface area contributed by atoms with E-state index in [0.29, 0.717) is 15.9 Å². The fraction of sp³-hybridized carbons (Fsp3) is 0.200. The normalized spacial score (nSPS) is 8.73. The number of H-pyrrole nitrogens is 1. The molecule has 4 aromatic heterocycles. The number of carbonyl (C=O) groups excluding carboxylic acids is 2. The first-order chi connectivity index (χ1) is 19.9. The zero-order valence-electron chi connectivity index (χ0n) is 22.8. The van der Waals surface area contributed by atoms with Gasteiger partial charge in [0, 0.05) is 61.4 Å². The third-order valence-corrected chi connectivity index (χ3v) is 4.85. The van der Waals surface area contributed by atoms with Gasteiger partial charge in [-0.2, -0.15) is 5.10 Å².